The van der Waals surface area contributed by atoms with Crippen LogP contribution in [0.4, 0.5) is 0 Å². The molecule has 0 fully saturated rings. The van der Waals surface area contributed by atoms with Crippen molar-refractivity contribution in [2.24, 2.45) is 0 Å². The van der Waals surface area contributed by atoms with E-state index in [2.05, 4.69) is 150 Å². The molecule has 0 amide bonds. The van der Waals surface area contributed by atoms with Gasteiger partial charge in [0.1, 0.15) is 6.33 Å². The Labute approximate surface area is 271 Å². The Morgan fingerprint density at radius 3 is 1.76 bits per heavy atom. The summed E-state index contributed by atoms with van der Waals surface area (Å²) in [6.07, 6.45) is 1.64. The molecule has 228 valence electrons. The Bertz CT molecular complexity index is 2280. The van der Waals surface area contributed by atoms with Crippen LogP contribution in [0, 0.1) is 62.3 Å². The van der Waals surface area contributed by atoms with Gasteiger partial charge in [0.05, 0.1) is 16.7 Å². The molecule has 46 heavy (non-hydrogen) atoms. The zero-order chi connectivity index (χ0) is 32.4. The molecular weight excluding hydrogens is 560 g/mol. The molecule has 0 saturated carbocycles. The summed E-state index contributed by atoms with van der Waals surface area (Å²) in [5, 5.41) is 2.52. The van der Waals surface area contributed by atoms with E-state index in [0.717, 1.165) is 11.1 Å². The normalized spacial score (nSPS) is 11.6. The number of aryl methyl sites for hydroxylation is 7. The average molecular weight is 601 g/mol. The lowest BCUT2D eigenvalue weighted by molar-refractivity contribution is 1.05. The van der Waals surface area contributed by atoms with Crippen molar-refractivity contribution in [3.05, 3.63) is 129 Å². The highest BCUT2D eigenvalue weighted by atomic mass is 15.0. The van der Waals surface area contributed by atoms with Crippen molar-refractivity contribution < 1.29 is 0 Å². The summed E-state index contributed by atoms with van der Waals surface area (Å²) in [6.45, 7) is 19.7. The molecule has 0 aliphatic rings. The first-order chi connectivity index (χ1) is 22.0. The van der Waals surface area contributed by atoms with E-state index in [0.29, 0.717) is 11.6 Å². The molecule has 2 aromatic heterocycles. The molecule has 0 radical (unpaired) electrons. The number of aromatic nitrogens is 4. The molecule has 0 spiro atoms. The average Bonchev–Trinajstić information content (AvgIpc) is 3.33. The minimum absolute atomic E-state index is 0.688. The smallest absolute Gasteiger partial charge is 0.163 e. The third-order valence-electron chi connectivity index (χ3n) is 9.77. The van der Waals surface area contributed by atoms with Gasteiger partial charge in [-0.1, -0.05) is 48.0 Å². The molecule has 0 N–H and O–H groups in total. The maximum atomic E-state index is 4.97. The molecule has 0 atom stereocenters. The first-order valence-electron chi connectivity index (χ1n) is 16.0. The fourth-order valence-electron chi connectivity index (χ4n) is 7.55. The lowest BCUT2D eigenvalue weighted by atomic mass is 9.89. The van der Waals surface area contributed by atoms with E-state index < -0.39 is 0 Å². The van der Waals surface area contributed by atoms with Gasteiger partial charge in [0, 0.05) is 21.9 Å². The fourth-order valence-corrected chi connectivity index (χ4v) is 7.55. The Kier molecular flexibility index (Phi) is 7.12. The first-order valence-corrected chi connectivity index (χ1v) is 16.0. The predicted molar refractivity (Wildman–Crippen MR) is 193 cm³/mol. The summed E-state index contributed by atoms with van der Waals surface area (Å²) >= 11 is 0. The van der Waals surface area contributed by atoms with Gasteiger partial charge in [-0.05, 0) is 148 Å². The highest BCUT2D eigenvalue weighted by Crippen LogP contribution is 2.39. The third-order valence-corrected chi connectivity index (χ3v) is 9.77. The van der Waals surface area contributed by atoms with Gasteiger partial charge in [-0.3, -0.25) is 0 Å². The number of benzene rings is 5. The maximum Gasteiger partial charge on any atom is 0.163 e. The summed E-state index contributed by atoms with van der Waals surface area (Å²) in [5.74, 6) is 1.40. The van der Waals surface area contributed by atoms with Crippen LogP contribution in [-0.4, -0.2) is 19.5 Å². The topological polar surface area (TPSA) is 43.6 Å². The van der Waals surface area contributed by atoms with Crippen LogP contribution in [0.15, 0.2) is 79.1 Å². The minimum atomic E-state index is 0.688. The number of para-hydroxylation sites is 1. The molecule has 0 aliphatic heterocycles. The number of fused-ring (bicyclic) bond motifs is 3. The molecule has 7 aromatic rings. The molecule has 2 heterocycles. The second-order valence-electron chi connectivity index (χ2n) is 13.1. The zero-order valence-electron chi connectivity index (χ0n) is 28.3. The van der Waals surface area contributed by atoms with E-state index in [9.17, 15) is 0 Å². The largest absolute Gasteiger partial charge is 0.309 e. The van der Waals surface area contributed by atoms with Crippen LogP contribution in [0.2, 0.25) is 0 Å². The summed E-state index contributed by atoms with van der Waals surface area (Å²) < 4.78 is 2.43. The minimum Gasteiger partial charge on any atom is -0.309 e. The molecular formula is C42H40N4. The number of nitrogens with zero attached hydrogens (tertiary/aromatic N) is 4. The van der Waals surface area contributed by atoms with Crippen LogP contribution in [0.25, 0.3) is 61.4 Å². The van der Waals surface area contributed by atoms with E-state index in [4.69, 9.17) is 4.98 Å². The van der Waals surface area contributed by atoms with Gasteiger partial charge in [0.25, 0.3) is 0 Å². The quantitative estimate of drug-likeness (QED) is 0.202. The monoisotopic (exact) mass is 600 g/mol. The van der Waals surface area contributed by atoms with E-state index in [1.54, 1.807) is 6.33 Å². The highest BCUT2D eigenvalue weighted by Gasteiger charge is 2.19. The van der Waals surface area contributed by atoms with Crippen LogP contribution in [-0.2, 0) is 0 Å². The van der Waals surface area contributed by atoms with E-state index in [1.165, 1.54) is 88.7 Å². The number of hydrogen-bond acceptors (Lipinski definition) is 3. The van der Waals surface area contributed by atoms with Crippen molar-refractivity contribution >= 4 is 21.8 Å². The lowest BCUT2D eigenvalue weighted by Crippen LogP contribution is -2.03. The molecule has 0 bridgehead atoms. The molecule has 4 heteroatoms. The fraction of sp³-hybridized carbons (Fsp3) is 0.214. The third kappa shape index (κ3) is 4.71. The van der Waals surface area contributed by atoms with Crippen molar-refractivity contribution in [2.45, 2.75) is 62.3 Å². The Morgan fingerprint density at radius 1 is 0.478 bits per heavy atom. The van der Waals surface area contributed by atoms with Crippen LogP contribution in [0.3, 0.4) is 0 Å². The first kappa shape index (κ1) is 29.6. The van der Waals surface area contributed by atoms with Gasteiger partial charge in [0.15, 0.2) is 11.6 Å². The van der Waals surface area contributed by atoms with Gasteiger partial charge < -0.3 is 4.57 Å². The number of hydrogen-bond donors (Lipinski definition) is 0. The SMILES string of the molecule is Cc1cc(C)c(-c2ncnc(-c3cc(C)c(-n4c5ccccc5c5cc(-c6c(C)c(C)cc(C)c6C)ccc54)c(C)c3)n2)c(C)c1. The van der Waals surface area contributed by atoms with Crippen molar-refractivity contribution in [3.63, 3.8) is 0 Å². The lowest BCUT2D eigenvalue weighted by Gasteiger charge is -2.17. The predicted octanol–water partition coefficient (Wildman–Crippen LogP) is 10.7. The van der Waals surface area contributed by atoms with Crippen LogP contribution in [0.1, 0.15) is 50.1 Å². The molecule has 0 saturated heterocycles. The molecule has 7 rings (SSSR count). The van der Waals surface area contributed by atoms with Crippen molar-refractivity contribution in [2.75, 3.05) is 0 Å². The van der Waals surface area contributed by atoms with E-state index in [1.807, 2.05) is 0 Å². The van der Waals surface area contributed by atoms with Crippen LogP contribution >= 0.6 is 0 Å². The maximum absolute atomic E-state index is 4.97. The Morgan fingerprint density at radius 2 is 1.09 bits per heavy atom. The van der Waals surface area contributed by atoms with Gasteiger partial charge in [-0.25, -0.2) is 15.0 Å². The van der Waals surface area contributed by atoms with Gasteiger partial charge >= 0.3 is 0 Å². The molecule has 4 nitrogen and oxygen atoms in total. The molecule has 5 aromatic carbocycles. The summed E-state index contributed by atoms with van der Waals surface area (Å²) in [6, 6.07) is 26.9. The second kappa shape index (κ2) is 11.1. The summed E-state index contributed by atoms with van der Waals surface area (Å²) in [5.41, 5.74) is 19.6. The second-order valence-corrected chi connectivity index (χ2v) is 13.1. The van der Waals surface area contributed by atoms with Crippen LogP contribution < -0.4 is 0 Å². The van der Waals surface area contributed by atoms with Crippen LogP contribution in [0.5, 0.6) is 0 Å². The summed E-state index contributed by atoms with van der Waals surface area (Å²) in [7, 11) is 0. The van der Waals surface area contributed by atoms with Gasteiger partial charge in [-0.15, -0.1) is 0 Å². The summed E-state index contributed by atoms with van der Waals surface area (Å²) in [4.78, 5) is 14.2. The van der Waals surface area contributed by atoms with E-state index in [-0.39, 0.29) is 0 Å². The standard InChI is InChI=1S/C42H40N4/c1-23-16-26(4)38(27(5)17-23)42-44-22-43-41(45-42)33-19-28(6)40(29(7)20-33)46-36-13-11-10-12-34(36)35-21-32(14-15-37(35)46)39-30(8)24(2)18-25(3)31(39)9/h10-22H,1-9H3. The van der Waals surface area contributed by atoms with Gasteiger partial charge in [0.2, 0.25) is 0 Å². The molecule has 0 aliphatic carbocycles. The molecule has 0 unspecified atom stereocenters. The Hall–Kier alpha value is -5.09. The van der Waals surface area contributed by atoms with Gasteiger partial charge in [-0.2, -0.15) is 0 Å². The van der Waals surface area contributed by atoms with Crippen molar-refractivity contribution in [3.8, 4) is 39.6 Å². The zero-order valence-corrected chi connectivity index (χ0v) is 28.3. The van der Waals surface area contributed by atoms with Crippen molar-refractivity contribution in [1.82, 2.24) is 19.5 Å². The van der Waals surface area contributed by atoms with E-state index >= 15 is 0 Å². The number of rotatable bonds is 4. The Balaban J connectivity index is 1.39. The van der Waals surface area contributed by atoms with Crippen molar-refractivity contribution in [1.29, 1.82) is 0 Å². The highest BCUT2D eigenvalue weighted by molar-refractivity contribution is 6.10.